The van der Waals surface area contributed by atoms with Crippen LogP contribution in [0.15, 0.2) is 42.5 Å². The minimum atomic E-state index is -0.628. The van der Waals surface area contributed by atoms with Crippen LogP contribution in [-0.2, 0) is 0 Å². The van der Waals surface area contributed by atoms with Gasteiger partial charge >= 0.3 is 0 Å². The van der Waals surface area contributed by atoms with Crippen LogP contribution >= 0.6 is 11.6 Å². The predicted octanol–water partition coefficient (Wildman–Crippen LogP) is 3.73. The summed E-state index contributed by atoms with van der Waals surface area (Å²) in [5.74, 6) is -1.10. The summed E-state index contributed by atoms with van der Waals surface area (Å²) in [5, 5.41) is 0.101. The molecule has 0 saturated heterocycles. The third kappa shape index (κ3) is 2.75. The zero-order valence-electron chi connectivity index (χ0n) is 10.9. The Labute approximate surface area is 121 Å². The molecule has 0 spiro atoms. The number of carbonyl (C=O) groups is 1. The van der Waals surface area contributed by atoms with Gasteiger partial charge in [0.1, 0.15) is 5.82 Å². The number of nitrogens with two attached hydrogens (primary N) is 1. The minimum Gasteiger partial charge on any atom is -0.399 e. The Balaban J connectivity index is 2.42. The Hall–Kier alpha value is -2.07. The fraction of sp³-hybridized carbons (Fsp3) is 0.133. The first-order valence-corrected chi connectivity index (χ1v) is 6.53. The number of carbonyl (C=O) groups excluding carboxylic acids is 1. The van der Waals surface area contributed by atoms with Gasteiger partial charge in [-0.2, -0.15) is 0 Å². The molecule has 0 bridgehead atoms. The molecule has 2 aromatic carbocycles. The van der Waals surface area contributed by atoms with Gasteiger partial charge in [-0.1, -0.05) is 17.7 Å². The van der Waals surface area contributed by atoms with Crippen LogP contribution in [0.5, 0.6) is 0 Å². The van der Waals surface area contributed by atoms with E-state index in [1.165, 1.54) is 23.1 Å². The molecular formula is C15H14ClFN2O. The second-order valence-electron chi connectivity index (χ2n) is 4.24. The summed E-state index contributed by atoms with van der Waals surface area (Å²) >= 11 is 5.93. The Morgan fingerprint density at radius 2 is 1.90 bits per heavy atom. The van der Waals surface area contributed by atoms with Gasteiger partial charge in [0.25, 0.3) is 5.91 Å². The number of nitrogens with zero attached hydrogens (tertiary/aromatic N) is 1. The fourth-order valence-corrected chi connectivity index (χ4v) is 2.18. The van der Waals surface area contributed by atoms with Crippen molar-refractivity contribution in [3.63, 3.8) is 0 Å². The van der Waals surface area contributed by atoms with Crippen LogP contribution in [0.25, 0.3) is 0 Å². The highest BCUT2D eigenvalue weighted by atomic mass is 35.5. The second-order valence-corrected chi connectivity index (χ2v) is 4.64. The van der Waals surface area contributed by atoms with Crippen molar-refractivity contribution in [3.05, 3.63) is 58.9 Å². The third-order valence-electron chi connectivity index (χ3n) is 2.94. The highest BCUT2D eigenvalue weighted by Crippen LogP contribution is 2.24. The summed E-state index contributed by atoms with van der Waals surface area (Å²) in [5.41, 5.74) is 6.74. The summed E-state index contributed by atoms with van der Waals surface area (Å²) in [6.45, 7) is 2.20. The molecule has 0 fully saturated rings. The van der Waals surface area contributed by atoms with E-state index in [-0.39, 0.29) is 10.6 Å². The van der Waals surface area contributed by atoms with Gasteiger partial charge in [0.05, 0.1) is 10.6 Å². The van der Waals surface area contributed by atoms with Gasteiger partial charge < -0.3 is 10.6 Å². The summed E-state index contributed by atoms with van der Waals surface area (Å²) in [7, 11) is 0. The topological polar surface area (TPSA) is 46.3 Å². The van der Waals surface area contributed by atoms with Crippen LogP contribution in [0.2, 0.25) is 5.02 Å². The molecule has 0 aliphatic rings. The molecule has 1 amide bonds. The summed E-state index contributed by atoms with van der Waals surface area (Å²) in [6.07, 6.45) is 0. The number of nitrogen functional groups attached to an aromatic ring is 1. The van der Waals surface area contributed by atoms with Gasteiger partial charge in [-0.25, -0.2) is 4.39 Å². The lowest BCUT2D eigenvalue weighted by molar-refractivity contribution is 0.0984. The van der Waals surface area contributed by atoms with Crippen LogP contribution in [0.1, 0.15) is 17.3 Å². The van der Waals surface area contributed by atoms with Crippen molar-refractivity contribution < 1.29 is 9.18 Å². The van der Waals surface area contributed by atoms with Crippen molar-refractivity contribution in [3.8, 4) is 0 Å². The quantitative estimate of drug-likeness (QED) is 0.876. The molecule has 2 aromatic rings. The van der Waals surface area contributed by atoms with E-state index in [4.69, 9.17) is 17.3 Å². The molecule has 0 aliphatic heterocycles. The lowest BCUT2D eigenvalue weighted by atomic mass is 10.1. The summed E-state index contributed by atoms with van der Waals surface area (Å²) in [6, 6.07) is 11.0. The van der Waals surface area contributed by atoms with Crippen LogP contribution in [0, 0.1) is 5.82 Å². The predicted molar refractivity (Wildman–Crippen MR) is 79.6 cm³/mol. The maximum Gasteiger partial charge on any atom is 0.262 e. The first kappa shape index (κ1) is 14.3. The largest absolute Gasteiger partial charge is 0.399 e. The highest BCUT2D eigenvalue weighted by molar-refractivity contribution is 6.34. The normalized spacial score (nSPS) is 10.3. The van der Waals surface area contributed by atoms with E-state index in [9.17, 15) is 9.18 Å². The van der Waals surface area contributed by atoms with Gasteiger partial charge in [-0.3, -0.25) is 4.79 Å². The van der Waals surface area contributed by atoms with Crippen molar-refractivity contribution in [2.45, 2.75) is 6.92 Å². The second kappa shape index (κ2) is 5.92. The molecule has 0 radical (unpaired) electrons. The first-order chi connectivity index (χ1) is 9.54. The van der Waals surface area contributed by atoms with Crippen molar-refractivity contribution >= 4 is 28.9 Å². The van der Waals surface area contributed by atoms with Crippen molar-refractivity contribution in [1.82, 2.24) is 0 Å². The number of hydrogen-bond acceptors (Lipinski definition) is 2. The first-order valence-electron chi connectivity index (χ1n) is 6.16. The molecule has 20 heavy (non-hydrogen) atoms. The smallest absolute Gasteiger partial charge is 0.262 e. The molecule has 0 unspecified atom stereocenters. The van der Waals surface area contributed by atoms with E-state index in [2.05, 4.69) is 0 Å². The van der Waals surface area contributed by atoms with Gasteiger partial charge in [-0.15, -0.1) is 0 Å². The third-order valence-corrected chi connectivity index (χ3v) is 3.26. The summed E-state index contributed by atoms with van der Waals surface area (Å²) in [4.78, 5) is 13.9. The number of halogens is 2. The molecule has 2 rings (SSSR count). The van der Waals surface area contributed by atoms with Gasteiger partial charge in [0.15, 0.2) is 0 Å². The molecule has 104 valence electrons. The Morgan fingerprint density at radius 3 is 2.45 bits per heavy atom. The molecule has 0 aromatic heterocycles. The molecule has 2 N–H and O–H groups in total. The molecule has 0 aliphatic carbocycles. The van der Waals surface area contributed by atoms with E-state index < -0.39 is 11.7 Å². The molecule has 5 heteroatoms. The maximum atomic E-state index is 13.8. The zero-order valence-corrected chi connectivity index (χ0v) is 11.7. The number of anilines is 2. The SMILES string of the molecule is CCN(C(=O)c1c(F)cccc1Cl)c1ccc(N)cc1. The lowest BCUT2D eigenvalue weighted by Gasteiger charge is -2.22. The van der Waals surface area contributed by atoms with Gasteiger partial charge in [0.2, 0.25) is 0 Å². The van der Waals surface area contributed by atoms with Crippen LogP contribution < -0.4 is 10.6 Å². The number of amides is 1. The van der Waals surface area contributed by atoms with E-state index >= 15 is 0 Å². The highest BCUT2D eigenvalue weighted by Gasteiger charge is 2.22. The molecular weight excluding hydrogens is 279 g/mol. The Bertz CT molecular complexity index is 608. The van der Waals surface area contributed by atoms with Gasteiger partial charge in [0, 0.05) is 17.9 Å². The van der Waals surface area contributed by atoms with Crippen LogP contribution in [-0.4, -0.2) is 12.5 Å². The molecule has 3 nitrogen and oxygen atoms in total. The molecule has 0 atom stereocenters. The minimum absolute atomic E-state index is 0.101. The van der Waals surface area contributed by atoms with Crippen molar-refractivity contribution in [1.29, 1.82) is 0 Å². The van der Waals surface area contributed by atoms with Crippen LogP contribution in [0.3, 0.4) is 0 Å². The maximum absolute atomic E-state index is 13.8. The van der Waals surface area contributed by atoms with E-state index in [0.29, 0.717) is 17.9 Å². The van der Waals surface area contributed by atoms with Crippen molar-refractivity contribution in [2.75, 3.05) is 17.2 Å². The van der Waals surface area contributed by atoms with E-state index in [0.717, 1.165) is 0 Å². The number of benzene rings is 2. The van der Waals surface area contributed by atoms with E-state index in [1.54, 1.807) is 24.3 Å². The average Bonchev–Trinajstić information content (AvgIpc) is 2.41. The summed E-state index contributed by atoms with van der Waals surface area (Å²) < 4.78 is 13.8. The monoisotopic (exact) mass is 292 g/mol. The molecule has 0 saturated carbocycles. The number of rotatable bonds is 3. The lowest BCUT2D eigenvalue weighted by Crippen LogP contribution is -2.31. The fourth-order valence-electron chi connectivity index (χ4n) is 1.93. The van der Waals surface area contributed by atoms with E-state index in [1.807, 2.05) is 6.92 Å². The van der Waals surface area contributed by atoms with Gasteiger partial charge in [-0.05, 0) is 43.3 Å². The zero-order chi connectivity index (χ0) is 14.7. The standard InChI is InChI=1S/C15H14ClFN2O/c1-2-19(11-8-6-10(18)7-9-11)15(20)14-12(16)4-3-5-13(14)17/h3-9H,2,18H2,1H3. The molecule has 0 heterocycles. The number of hydrogen-bond donors (Lipinski definition) is 1. The Kier molecular flexibility index (Phi) is 4.25. The van der Waals surface area contributed by atoms with Crippen LogP contribution in [0.4, 0.5) is 15.8 Å². The Morgan fingerprint density at radius 1 is 1.25 bits per heavy atom. The van der Waals surface area contributed by atoms with Crippen molar-refractivity contribution in [2.24, 2.45) is 0 Å². The average molecular weight is 293 g/mol.